The topological polar surface area (TPSA) is 53.8 Å². The van der Waals surface area contributed by atoms with Gasteiger partial charge in [0.05, 0.1) is 25.1 Å². The maximum absolute atomic E-state index is 13.2. The number of likely N-dealkylation sites (tertiary alicyclic amines) is 1. The molecule has 4 rings (SSSR count). The first-order valence-corrected chi connectivity index (χ1v) is 9.95. The van der Waals surface area contributed by atoms with Crippen LogP contribution in [0.5, 0.6) is 0 Å². The van der Waals surface area contributed by atoms with Crippen molar-refractivity contribution in [2.45, 2.75) is 44.7 Å². The molecule has 5 nitrogen and oxygen atoms in total. The van der Waals surface area contributed by atoms with E-state index in [1.54, 1.807) is 23.3 Å². The lowest BCUT2D eigenvalue weighted by Crippen LogP contribution is -2.47. The fourth-order valence-electron chi connectivity index (χ4n) is 3.87. The van der Waals surface area contributed by atoms with E-state index in [2.05, 4.69) is 0 Å². The smallest absolute Gasteiger partial charge is 0.228 e. The van der Waals surface area contributed by atoms with Crippen molar-refractivity contribution in [3.8, 4) is 0 Å². The Bertz CT molecular complexity index is 815. The molecule has 1 aliphatic carbocycles. The van der Waals surface area contributed by atoms with Crippen LogP contribution in [0.15, 0.2) is 47.1 Å². The molecular formula is C22H25FN2O3. The summed E-state index contributed by atoms with van der Waals surface area (Å²) in [6, 6.07) is 10.0. The van der Waals surface area contributed by atoms with Crippen molar-refractivity contribution < 1.29 is 18.4 Å². The molecule has 2 amide bonds. The number of benzene rings is 1. The molecule has 2 heterocycles. The van der Waals surface area contributed by atoms with Gasteiger partial charge < -0.3 is 14.2 Å². The average molecular weight is 384 g/mol. The van der Waals surface area contributed by atoms with E-state index >= 15 is 0 Å². The van der Waals surface area contributed by atoms with Gasteiger partial charge in [-0.25, -0.2) is 4.39 Å². The summed E-state index contributed by atoms with van der Waals surface area (Å²) in [5.74, 6) is 0.435. The maximum Gasteiger partial charge on any atom is 0.228 e. The number of rotatable bonds is 6. The summed E-state index contributed by atoms with van der Waals surface area (Å²) in [5, 5.41) is 0. The Morgan fingerprint density at radius 1 is 1.14 bits per heavy atom. The molecule has 1 aromatic carbocycles. The first-order chi connectivity index (χ1) is 13.6. The first kappa shape index (κ1) is 18.7. The highest BCUT2D eigenvalue weighted by molar-refractivity contribution is 5.82. The molecule has 0 spiro atoms. The Hall–Kier alpha value is -2.63. The highest BCUT2D eigenvalue weighted by Gasteiger charge is 2.38. The van der Waals surface area contributed by atoms with Gasteiger partial charge >= 0.3 is 0 Å². The van der Waals surface area contributed by atoms with E-state index in [4.69, 9.17) is 4.42 Å². The van der Waals surface area contributed by atoms with Crippen LogP contribution in [0.3, 0.4) is 0 Å². The molecule has 0 radical (unpaired) electrons. The molecule has 2 aromatic rings. The van der Waals surface area contributed by atoms with E-state index in [0.717, 1.165) is 37.0 Å². The van der Waals surface area contributed by atoms with E-state index in [0.29, 0.717) is 25.7 Å². The lowest BCUT2D eigenvalue weighted by molar-refractivity contribution is -0.141. The molecule has 0 unspecified atom stereocenters. The van der Waals surface area contributed by atoms with Crippen molar-refractivity contribution in [2.24, 2.45) is 5.92 Å². The summed E-state index contributed by atoms with van der Waals surface area (Å²) in [7, 11) is 0. The van der Waals surface area contributed by atoms with E-state index < -0.39 is 0 Å². The third-order valence-electron chi connectivity index (χ3n) is 5.57. The van der Waals surface area contributed by atoms with Crippen LogP contribution in [0, 0.1) is 11.7 Å². The van der Waals surface area contributed by atoms with Gasteiger partial charge in [0.15, 0.2) is 0 Å². The lowest BCUT2D eigenvalue weighted by atomic mass is 9.95. The van der Waals surface area contributed by atoms with Crippen LogP contribution in [0.25, 0.3) is 0 Å². The van der Waals surface area contributed by atoms with Crippen LogP contribution in [0.1, 0.15) is 37.0 Å². The predicted molar refractivity (Wildman–Crippen MR) is 102 cm³/mol. The fraction of sp³-hybridized carbons (Fsp3) is 0.455. The maximum atomic E-state index is 13.2. The minimum atomic E-state index is -0.309. The molecule has 0 bridgehead atoms. The van der Waals surface area contributed by atoms with Gasteiger partial charge in [0.2, 0.25) is 11.8 Å². The molecule has 28 heavy (non-hydrogen) atoms. The Balaban J connectivity index is 1.38. The van der Waals surface area contributed by atoms with Gasteiger partial charge in [0, 0.05) is 19.1 Å². The third kappa shape index (κ3) is 4.43. The molecule has 1 aliphatic heterocycles. The van der Waals surface area contributed by atoms with Crippen molar-refractivity contribution >= 4 is 11.8 Å². The summed E-state index contributed by atoms with van der Waals surface area (Å²) in [6.45, 7) is 1.63. The normalized spacial score (nSPS) is 19.5. The minimum absolute atomic E-state index is 0.00638. The second kappa shape index (κ2) is 8.17. The van der Waals surface area contributed by atoms with E-state index in [-0.39, 0.29) is 30.0 Å². The van der Waals surface area contributed by atoms with Crippen LogP contribution >= 0.6 is 0 Å². The Morgan fingerprint density at radius 2 is 1.93 bits per heavy atom. The zero-order chi connectivity index (χ0) is 19.5. The largest absolute Gasteiger partial charge is 0.467 e. The van der Waals surface area contributed by atoms with E-state index in [1.807, 2.05) is 17.0 Å². The van der Waals surface area contributed by atoms with Crippen molar-refractivity contribution in [2.75, 3.05) is 13.1 Å². The standard InChI is InChI=1S/C22H25FN2O3/c23-18-7-5-16(6-8-18)13-21(26)24-11-1-3-17(14-24)22(27)25(19-9-10-19)15-20-4-2-12-28-20/h2,4-8,12,17,19H,1,3,9-11,13-15H2/t17-/m0/s1. The second-order valence-corrected chi connectivity index (χ2v) is 7.76. The second-order valence-electron chi connectivity index (χ2n) is 7.76. The molecule has 6 heteroatoms. The number of amides is 2. The summed E-state index contributed by atoms with van der Waals surface area (Å²) >= 11 is 0. The minimum Gasteiger partial charge on any atom is -0.467 e. The Labute approximate surface area is 164 Å². The van der Waals surface area contributed by atoms with Gasteiger partial charge in [0.1, 0.15) is 11.6 Å². The number of hydrogen-bond donors (Lipinski definition) is 0. The Morgan fingerprint density at radius 3 is 2.61 bits per heavy atom. The van der Waals surface area contributed by atoms with Gasteiger partial charge in [0.25, 0.3) is 0 Å². The van der Waals surface area contributed by atoms with Crippen LogP contribution in [-0.2, 0) is 22.6 Å². The van der Waals surface area contributed by atoms with Gasteiger partial charge in [-0.05, 0) is 55.5 Å². The SMILES string of the molecule is O=C(Cc1ccc(F)cc1)N1CCC[C@H](C(=O)N(Cc2ccco2)C2CC2)C1. The zero-order valence-electron chi connectivity index (χ0n) is 15.9. The number of hydrogen-bond acceptors (Lipinski definition) is 3. The first-order valence-electron chi connectivity index (χ1n) is 9.95. The van der Waals surface area contributed by atoms with Crippen LogP contribution < -0.4 is 0 Å². The summed E-state index contributed by atoms with van der Waals surface area (Å²) in [6.07, 6.45) is 5.56. The summed E-state index contributed by atoms with van der Waals surface area (Å²) in [5.41, 5.74) is 0.789. The molecule has 1 atom stereocenters. The van der Waals surface area contributed by atoms with E-state index in [1.165, 1.54) is 12.1 Å². The summed E-state index contributed by atoms with van der Waals surface area (Å²) < 4.78 is 18.5. The highest BCUT2D eigenvalue weighted by atomic mass is 19.1. The van der Waals surface area contributed by atoms with Crippen LogP contribution in [0.4, 0.5) is 4.39 Å². The van der Waals surface area contributed by atoms with Crippen molar-refractivity contribution in [1.82, 2.24) is 9.80 Å². The van der Waals surface area contributed by atoms with E-state index in [9.17, 15) is 14.0 Å². The number of furan rings is 1. The number of carbonyl (C=O) groups excluding carboxylic acids is 2. The quantitative estimate of drug-likeness (QED) is 0.767. The van der Waals surface area contributed by atoms with Gasteiger partial charge in [-0.3, -0.25) is 9.59 Å². The Kier molecular flexibility index (Phi) is 5.46. The number of piperidine rings is 1. The molecular weight excluding hydrogens is 359 g/mol. The highest BCUT2D eigenvalue weighted by Crippen LogP contribution is 2.31. The monoisotopic (exact) mass is 384 g/mol. The molecule has 2 aliphatic rings. The number of nitrogens with zero attached hydrogens (tertiary/aromatic N) is 2. The van der Waals surface area contributed by atoms with Crippen LogP contribution in [-0.4, -0.2) is 40.7 Å². The lowest BCUT2D eigenvalue weighted by Gasteiger charge is -2.35. The molecule has 2 fully saturated rings. The molecule has 1 saturated carbocycles. The predicted octanol–water partition coefficient (Wildman–Crippen LogP) is 3.39. The third-order valence-corrected chi connectivity index (χ3v) is 5.57. The average Bonchev–Trinajstić information content (AvgIpc) is 3.43. The molecule has 148 valence electrons. The van der Waals surface area contributed by atoms with Gasteiger partial charge in [-0.1, -0.05) is 12.1 Å². The van der Waals surface area contributed by atoms with Crippen molar-refractivity contribution in [3.63, 3.8) is 0 Å². The zero-order valence-corrected chi connectivity index (χ0v) is 15.9. The van der Waals surface area contributed by atoms with Crippen molar-refractivity contribution in [3.05, 3.63) is 59.8 Å². The fourth-order valence-corrected chi connectivity index (χ4v) is 3.87. The summed E-state index contributed by atoms with van der Waals surface area (Å²) in [4.78, 5) is 29.6. The molecule has 1 saturated heterocycles. The number of carbonyl (C=O) groups is 2. The molecule has 0 N–H and O–H groups in total. The van der Waals surface area contributed by atoms with Gasteiger partial charge in [-0.2, -0.15) is 0 Å². The van der Waals surface area contributed by atoms with Crippen LogP contribution in [0.2, 0.25) is 0 Å². The van der Waals surface area contributed by atoms with Crippen molar-refractivity contribution in [1.29, 1.82) is 0 Å². The molecule has 1 aromatic heterocycles. The number of halogens is 1. The van der Waals surface area contributed by atoms with Gasteiger partial charge in [-0.15, -0.1) is 0 Å².